The van der Waals surface area contributed by atoms with Gasteiger partial charge in [-0.05, 0) is 18.2 Å². The number of benzene rings is 1. The molecule has 0 unspecified atom stereocenters. The van der Waals surface area contributed by atoms with E-state index in [-0.39, 0.29) is 0 Å². The zero-order valence-electron chi connectivity index (χ0n) is 11.9. The fourth-order valence-electron chi connectivity index (χ4n) is 1.70. The van der Waals surface area contributed by atoms with Gasteiger partial charge < -0.3 is 10.1 Å². The van der Waals surface area contributed by atoms with Crippen LogP contribution in [0.25, 0.3) is 0 Å². The SMILES string of the molecule is COCCNCc1ccnc(CSc2ccccc2Cl)n1. The minimum Gasteiger partial charge on any atom is -0.383 e. The van der Waals surface area contributed by atoms with Gasteiger partial charge in [0, 0.05) is 31.3 Å². The molecule has 1 aromatic heterocycles. The van der Waals surface area contributed by atoms with Crippen LogP contribution in [-0.4, -0.2) is 30.2 Å². The van der Waals surface area contributed by atoms with Gasteiger partial charge in [-0.3, -0.25) is 0 Å². The number of nitrogens with zero attached hydrogens (tertiary/aromatic N) is 2. The number of methoxy groups -OCH3 is 1. The second-order valence-electron chi connectivity index (χ2n) is 4.35. The summed E-state index contributed by atoms with van der Waals surface area (Å²) < 4.78 is 4.99. The molecule has 21 heavy (non-hydrogen) atoms. The monoisotopic (exact) mass is 323 g/mol. The number of hydrogen-bond donors (Lipinski definition) is 1. The Bertz CT molecular complexity index is 568. The molecule has 2 rings (SSSR count). The lowest BCUT2D eigenvalue weighted by atomic mass is 10.4. The lowest BCUT2D eigenvalue weighted by Crippen LogP contribution is -2.19. The molecule has 1 heterocycles. The zero-order valence-corrected chi connectivity index (χ0v) is 13.5. The molecule has 6 heteroatoms. The van der Waals surface area contributed by atoms with Gasteiger partial charge in [-0.2, -0.15) is 0 Å². The maximum absolute atomic E-state index is 6.14. The van der Waals surface area contributed by atoms with Crippen molar-refractivity contribution in [3.8, 4) is 0 Å². The molecule has 0 saturated heterocycles. The molecule has 0 aliphatic heterocycles. The van der Waals surface area contributed by atoms with E-state index in [0.717, 1.165) is 34.5 Å². The molecule has 0 atom stereocenters. The van der Waals surface area contributed by atoms with Gasteiger partial charge in [-0.15, -0.1) is 11.8 Å². The maximum atomic E-state index is 6.14. The standard InChI is InChI=1S/C15H18ClN3OS/c1-20-9-8-17-10-12-6-7-18-15(19-12)11-21-14-5-3-2-4-13(14)16/h2-7,17H,8-11H2,1H3. The van der Waals surface area contributed by atoms with Gasteiger partial charge in [-0.1, -0.05) is 23.7 Å². The number of halogens is 1. The van der Waals surface area contributed by atoms with Crippen LogP contribution in [0.4, 0.5) is 0 Å². The summed E-state index contributed by atoms with van der Waals surface area (Å²) in [5.41, 5.74) is 0.982. The highest BCUT2D eigenvalue weighted by atomic mass is 35.5. The van der Waals surface area contributed by atoms with Crippen molar-refractivity contribution in [2.24, 2.45) is 0 Å². The molecule has 2 aromatic rings. The van der Waals surface area contributed by atoms with Gasteiger partial charge in [0.25, 0.3) is 0 Å². The van der Waals surface area contributed by atoms with E-state index in [4.69, 9.17) is 16.3 Å². The largest absolute Gasteiger partial charge is 0.383 e. The second-order valence-corrected chi connectivity index (χ2v) is 5.78. The normalized spacial score (nSPS) is 10.8. The van der Waals surface area contributed by atoms with Crippen molar-refractivity contribution in [3.05, 3.63) is 53.1 Å². The second kappa shape index (κ2) is 9.00. The van der Waals surface area contributed by atoms with Crippen molar-refractivity contribution in [3.63, 3.8) is 0 Å². The van der Waals surface area contributed by atoms with Crippen molar-refractivity contribution in [1.82, 2.24) is 15.3 Å². The molecule has 0 fully saturated rings. The van der Waals surface area contributed by atoms with E-state index in [0.29, 0.717) is 12.4 Å². The average Bonchev–Trinajstić information content (AvgIpc) is 2.51. The average molecular weight is 324 g/mol. The Morgan fingerprint density at radius 2 is 2.14 bits per heavy atom. The van der Waals surface area contributed by atoms with E-state index >= 15 is 0 Å². The molecule has 1 aromatic carbocycles. The summed E-state index contributed by atoms with van der Waals surface area (Å²) in [4.78, 5) is 9.89. The predicted molar refractivity (Wildman–Crippen MR) is 86.6 cm³/mol. The predicted octanol–water partition coefficient (Wildman–Crippen LogP) is 3.16. The van der Waals surface area contributed by atoms with Gasteiger partial charge in [-0.25, -0.2) is 9.97 Å². The first-order valence-electron chi connectivity index (χ1n) is 6.67. The van der Waals surface area contributed by atoms with Crippen LogP contribution in [0.2, 0.25) is 5.02 Å². The highest BCUT2D eigenvalue weighted by molar-refractivity contribution is 7.98. The van der Waals surface area contributed by atoms with Crippen LogP contribution in [0.15, 0.2) is 41.4 Å². The first-order valence-corrected chi connectivity index (χ1v) is 8.03. The third kappa shape index (κ3) is 5.63. The van der Waals surface area contributed by atoms with E-state index in [9.17, 15) is 0 Å². The lowest BCUT2D eigenvalue weighted by Gasteiger charge is -2.06. The molecule has 1 N–H and O–H groups in total. The Labute approximate surface area is 134 Å². The van der Waals surface area contributed by atoms with E-state index < -0.39 is 0 Å². The van der Waals surface area contributed by atoms with Gasteiger partial charge in [0.15, 0.2) is 0 Å². The molecule has 0 aliphatic rings. The van der Waals surface area contributed by atoms with Gasteiger partial charge in [0.2, 0.25) is 0 Å². The van der Waals surface area contributed by atoms with Crippen LogP contribution < -0.4 is 5.32 Å². The molecule has 0 bridgehead atoms. The summed E-state index contributed by atoms with van der Waals surface area (Å²) in [7, 11) is 1.69. The molecule has 0 radical (unpaired) electrons. The fraction of sp³-hybridized carbons (Fsp3) is 0.333. The number of ether oxygens (including phenoxy) is 1. The Balaban J connectivity index is 1.87. The summed E-state index contributed by atoms with van der Waals surface area (Å²) in [6, 6.07) is 9.72. The van der Waals surface area contributed by atoms with E-state index in [1.165, 1.54) is 0 Å². The fourth-order valence-corrected chi connectivity index (χ4v) is 2.81. The van der Waals surface area contributed by atoms with Crippen LogP contribution >= 0.6 is 23.4 Å². The van der Waals surface area contributed by atoms with Crippen LogP contribution in [0.1, 0.15) is 11.5 Å². The molecular weight excluding hydrogens is 306 g/mol. The van der Waals surface area contributed by atoms with Crippen molar-refractivity contribution < 1.29 is 4.74 Å². The third-order valence-corrected chi connectivity index (χ3v) is 4.26. The minimum absolute atomic E-state index is 0.695. The van der Waals surface area contributed by atoms with Gasteiger partial charge in [0.05, 0.1) is 23.1 Å². The van der Waals surface area contributed by atoms with Crippen molar-refractivity contribution in [2.45, 2.75) is 17.2 Å². The molecule has 0 spiro atoms. The zero-order chi connectivity index (χ0) is 14.9. The molecule has 4 nitrogen and oxygen atoms in total. The number of aromatic nitrogens is 2. The third-order valence-electron chi connectivity index (χ3n) is 2.75. The van der Waals surface area contributed by atoms with Crippen molar-refractivity contribution in [1.29, 1.82) is 0 Å². The number of hydrogen-bond acceptors (Lipinski definition) is 5. The number of nitrogens with one attached hydrogen (secondary N) is 1. The maximum Gasteiger partial charge on any atom is 0.138 e. The van der Waals surface area contributed by atoms with E-state index in [1.807, 2.05) is 30.3 Å². The summed E-state index contributed by atoms with van der Waals surface area (Å²) in [6.07, 6.45) is 1.79. The van der Waals surface area contributed by atoms with Gasteiger partial charge in [0.1, 0.15) is 5.82 Å². The molecule has 0 aliphatic carbocycles. The highest BCUT2D eigenvalue weighted by Gasteiger charge is 2.03. The quantitative estimate of drug-likeness (QED) is 0.597. The van der Waals surface area contributed by atoms with E-state index in [2.05, 4.69) is 15.3 Å². The van der Waals surface area contributed by atoms with Crippen molar-refractivity contribution in [2.75, 3.05) is 20.3 Å². The topological polar surface area (TPSA) is 47.0 Å². The van der Waals surface area contributed by atoms with Crippen LogP contribution in [0, 0.1) is 0 Å². The number of thioether (sulfide) groups is 1. The molecular formula is C15H18ClN3OS. The minimum atomic E-state index is 0.695. The summed E-state index contributed by atoms with van der Waals surface area (Å²) in [5, 5.41) is 4.03. The Morgan fingerprint density at radius 3 is 2.95 bits per heavy atom. The molecule has 0 saturated carbocycles. The first kappa shape index (κ1) is 16.2. The first-order chi connectivity index (χ1) is 10.3. The van der Waals surface area contributed by atoms with Crippen LogP contribution in [0.5, 0.6) is 0 Å². The lowest BCUT2D eigenvalue weighted by molar-refractivity contribution is 0.199. The number of rotatable bonds is 8. The van der Waals surface area contributed by atoms with E-state index in [1.54, 1.807) is 25.1 Å². The summed E-state index contributed by atoms with van der Waals surface area (Å²) in [5.74, 6) is 1.52. The summed E-state index contributed by atoms with van der Waals surface area (Å²) in [6.45, 7) is 2.22. The Kier molecular flexibility index (Phi) is 6.95. The molecule has 112 valence electrons. The van der Waals surface area contributed by atoms with Crippen LogP contribution in [0.3, 0.4) is 0 Å². The van der Waals surface area contributed by atoms with Crippen LogP contribution in [-0.2, 0) is 17.0 Å². The van der Waals surface area contributed by atoms with Gasteiger partial charge >= 0.3 is 0 Å². The van der Waals surface area contributed by atoms with Crippen molar-refractivity contribution >= 4 is 23.4 Å². The smallest absolute Gasteiger partial charge is 0.138 e. The Morgan fingerprint density at radius 1 is 1.29 bits per heavy atom. The highest BCUT2D eigenvalue weighted by Crippen LogP contribution is 2.28. The summed E-state index contributed by atoms with van der Waals surface area (Å²) >= 11 is 7.78. The Hall–Kier alpha value is -1.14. The molecule has 0 amide bonds.